The van der Waals surface area contributed by atoms with E-state index in [1.54, 1.807) is 5.57 Å². The van der Waals surface area contributed by atoms with Gasteiger partial charge in [0.2, 0.25) is 0 Å². The van der Waals surface area contributed by atoms with Crippen molar-refractivity contribution in [3.63, 3.8) is 0 Å². The summed E-state index contributed by atoms with van der Waals surface area (Å²) in [5.41, 5.74) is 8.62. The maximum absolute atomic E-state index is 4.93. The van der Waals surface area contributed by atoms with Crippen molar-refractivity contribution in [2.24, 2.45) is 5.92 Å². The van der Waals surface area contributed by atoms with Crippen LogP contribution in [0.1, 0.15) is 56.7 Å². The van der Waals surface area contributed by atoms with Gasteiger partial charge in [-0.25, -0.2) is 0 Å². The Morgan fingerprint density at radius 3 is 2.20 bits per heavy atom. The maximum atomic E-state index is 4.93. The van der Waals surface area contributed by atoms with Gasteiger partial charge in [-0.15, -0.1) is 0 Å². The molecule has 0 saturated heterocycles. The van der Waals surface area contributed by atoms with E-state index in [-0.39, 0.29) is 0 Å². The molecule has 2 aromatic carbocycles. The Kier molecular flexibility index (Phi) is 8.46. The molecule has 25 heavy (non-hydrogen) atoms. The second-order valence-corrected chi connectivity index (χ2v) is 10.7. The van der Waals surface area contributed by atoms with Gasteiger partial charge in [-0.3, -0.25) is 0 Å². The van der Waals surface area contributed by atoms with Crippen LogP contribution in [0.2, 0.25) is 0 Å². The molecule has 0 heterocycles. The molecule has 1 atom stereocenters. The van der Waals surface area contributed by atoms with Gasteiger partial charge in [0.15, 0.2) is 0 Å². The molecule has 3 heteroatoms. The molecule has 0 spiro atoms. The first kappa shape index (κ1) is 20.9. The Hall–Kier alpha value is -0.357. The van der Waals surface area contributed by atoms with Gasteiger partial charge in [0.1, 0.15) is 0 Å². The van der Waals surface area contributed by atoms with Crippen molar-refractivity contribution in [3.05, 3.63) is 64.7 Å². The second-order valence-electron chi connectivity index (χ2n) is 6.93. The van der Waals surface area contributed by atoms with Gasteiger partial charge in [-0.05, 0) is 52.5 Å². The van der Waals surface area contributed by atoms with E-state index < -0.39 is 20.8 Å². The molecule has 1 unspecified atom stereocenters. The van der Waals surface area contributed by atoms with E-state index in [0.717, 1.165) is 6.42 Å². The molecule has 0 aromatic heterocycles. The van der Waals surface area contributed by atoms with Crippen LogP contribution in [-0.2, 0) is 27.3 Å². The van der Waals surface area contributed by atoms with E-state index in [2.05, 4.69) is 76.2 Å². The van der Waals surface area contributed by atoms with Crippen LogP contribution < -0.4 is 0 Å². The summed E-state index contributed by atoms with van der Waals surface area (Å²) in [6.45, 7) is 9.13. The predicted molar refractivity (Wildman–Crippen MR) is 109 cm³/mol. The number of benzene rings is 2. The van der Waals surface area contributed by atoms with Gasteiger partial charge < -0.3 is 0 Å². The van der Waals surface area contributed by atoms with Gasteiger partial charge >= 0.3 is 37.9 Å². The SMILES string of the molecule is CCC(C)c1ccc(-c2cccc3c2C=C(C(C)C)C3)cc1.[Cl][Zr][Cl]. The summed E-state index contributed by atoms with van der Waals surface area (Å²) in [5.74, 6) is 1.27. The second kappa shape index (κ2) is 10.1. The fraction of sp³-hybridized carbons (Fsp3) is 0.364. The van der Waals surface area contributed by atoms with Gasteiger partial charge in [0.25, 0.3) is 0 Å². The monoisotopic (exact) mass is 450 g/mol. The van der Waals surface area contributed by atoms with E-state index in [4.69, 9.17) is 17.0 Å². The summed E-state index contributed by atoms with van der Waals surface area (Å²) < 4.78 is 0. The third-order valence-electron chi connectivity index (χ3n) is 5.07. The Balaban J connectivity index is 0.000000701. The average Bonchev–Trinajstić information content (AvgIpc) is 3.06. The molecule has 1 aliphatic rings. The molecular weight excluding hydrogens is 426 g/mol. The summed E-state index contributed by atoms with van der Waals surface area (Å²) in [6, 6.07) is 15.9. The van der Waals surface area contributed by atoms with Crippen molar-refractivity contribution in [1.82, 2.24) is 0 Å². The molecule has 0 aliphatic heterocycles. The molecule has 132 valence electrons. The van der Waals surface area contributed by atoms with Crippen molar-refractivity contribution in [2.75, 3.05) is 0 Å². The van der Waals surface area contributed by atoms with E-state index in [1.807, 2.05) is 0 Å². The molecule has 0 N–H and O–H groups in total. The molecule has 0 radical (unpaired) electrons. The zero-order valence-corrected chi connectivity index (χ0v) is 19.4. The van der Waals surface area contributed by atoms with Crippen molar-refractivity contribution in [1.29, 1.82) is 0 Å². The van der Waals surface area contributed by atoms with Gasteiger partial charge in [-0.1, -0.05) is 81.8 Å². The van der Waals surface area contributed by atoms with Crippen LogP contribution in [0.15, 0.2) is 48.0 Å². The summed E-state index contributed by atoms with van der Waals surface area (Å²) in [6.07, 6.45) is 4.73. The molecule has 0 saturated carbocycles. The predicted octanol–water partition coefficient (Wildman–Crippen LogP) is 7.84. The van der Waals surface area contributed by atoms with E-state index in [9.17, 15) is 0 Å². The molecule has 1 aliphatic carbocycles. The standard InChI is InChI=1S/C22H26.2ClH.Zr/c1-5-16(4)17-9-11-18(12-10-17)21-8-6-7-19-13-20(15(2)3)14-22(19)21;;;/h6-12,14-16H,5,13H2,1-4H3;2*1H;/q;;;+2/p-2. The number of hydrogen-bond acceptors (Lipinski definition) is 0. The normalized spacial score (nSPS) is 13.6. The average molecular weight is 453 g/mol. The third-order valence-corrected chi connectivity index (χ3v) is 5.07. The molecule has 0 fully saturated rings. The van der Waals surface area contributed by atoms with Crippen molar-refractivity contribution in [2.45, 2.75) is 46.5 Å². The van der Waals surface area contributed by atoms with Crippen LogP contribution in [0.4, 0.5) is 0 Å². The molecule has 0 amide bonds. The molecule has 2 aromatic rings. The van der Waals surface area contributed by atoms with E-state index in [0.29, 0.717) is 11.8 Å². The number of fused-ring (bicyclic) bond motifs is 1. The summed E-state index contributed by atoms with van der Waals surface area (Å²) >= 11 is -0.826. The van der Waals surface area contributed by atoms with Gasteiger partial charge in [0.05, 0.1) is 0 Å². The van der Waals surface area contributed by atoms with Crippen molar-refractivity contribution < 1.29 is 20.8 Å². The number of rotatable bonds is 4. The van der Waals surface area contributed by atoms with Crippen molar-refractivity contribution >= 4 is 23.1 Å². The Morgan fingerprint density at radius 1 is 1.00 bits per heavy atom. The number of hydrogen-bond donors (Lipinski definition) is 0. The topological polar surface area (TPSA) is 0 Å². The first-order chi connectivity index (χ1) is 12.0. The van der Waals surface area contributed by atoms with Crippen molar-refractivity contribution in [3.8, 4) is 11.1 Å². The Labute approximate surface area is 171 Å². The minimum absolute atomic E-state index is 0.632. The van der Waals surface area contributed by atoms with Gasteiger partial charge in [0, 0.05) is 0 Å². The van der Waals surface area contributed by atoms with Crippen LogP contribution in [0.5, 0.6) is 0 Å². The first-order valence-electron chi connectivity index (χ1n) is 8.90. The van der Waals surface area contributed by atoms with Crippen LogP contribution in [-0.4, -0.2) is 0 Å². The molecule has 3 rings (SSSR count). The summed E-state index contributed by atoms with van der Waals surface area (Å²) in [4.78, 5) is 0. The zero-order chi connectivity index (χ0) is 18.4. The van der Waals surface area contributed by atoms with Crippen LogP contribution >= 0.6 is 17.0 Å². The summed E-state index contributed by atoms with van der Waals surface area (Å²) in [7, 11) is 9.87. The summed E-state index contributed by atoms with van der Waals surface area (Å²) in [5, 5.41) is 0. The van der Waals surface area contributed by atoms with Gasteiger partial charge in [-0.2, -0.15) is 0 Å². The Morgan fingerprint density at radius 2 is 1.64 bits per heavy atom. The van der Waals surface area contributed by atoms with E-state index >= 15 is 0 Å². The first-order valence-corrected chi connectivity index (χ1v) is 15.2. The van der Waals surface area contributed by atoms with Crippen LogP contribution in [0.3, 0.4) is 0 Å². The fourth-order valence-electron chi connectivity index (χ4n) is 3.24. The third kappa shape index (κ3) is 5.32. The molecule has 0 bridgehead atoms. The molecule has 0 nitrogen and oxygen atoms in total. The fourth-order valence-corrected chi connectivity index (χ4v) is 3.24. The number of allylic oxidation sites excluding steroid dienone is 1. The molecular formula is C22H26Cl2Zr. The quantitative estimate of drug-likeness (QED) is 0.443. The minimum atomic E-state index is -0.826. The van der Waals surface area contributed by atoms with Crippen LogP contribution in [0.25, 0.3) is 17.2 Å². The number of halogens is 2. The zero-order valence-electron chi connectivity index (χ0n) is 15.4. The van der Waals surface area contributed by atoms with Crippen LogP contribution in [0, 0.1) is 5.92 Å². The Bertz CT molecular complexity index is 717. The van der Waals surface area contributed by atoms with E-state index in [1.165, 1.54) is 34.2 Å².